The van der Waals surface area contributed by atoms with Gasteiger partial charge in [-0.1, -0.05) is 0 Å². The molecule has 0 rings (SSSR count). The van der Waals surface area contributed by atoms with Crippen molar-refractivity contribution in [1.82, 2.24) is 0 Å². The van der Waals surface area contributed by atoms with E-state index in [9.17, 15) is 0 Å². The van der Waals surface area contributed by atoms with E-state index in [4.69, 9.17) is 0 Å². The van der Waals surface area contributed by atoms with Gasteiger partial charge in [-0.3, -0.25) is 0 Å². The smallest absolute Gasteiger partial charge is 2.00 e. The van der Waals surface area contributed by atoms with Gasteiger partial charge in [-0.05, 0) is 0 Å². The first kappa shape index (κ1) is 54.8. The maximum atomic E-state index is 0. The maximum Gasteiger partial charge on any atom is 2.00 e. The largest absolute Gasteiger partial charge is 2.00 e. The van der Waals surface area contributed by atoms with E-state index >= 15 is 0 Å². The monoisotopic (exact) mass is 245 g/mol. The summed E-state index contributed by atoms with van der Waals surface area (Å²) in [6.45, 7) is 0. The van der Waals surface area contributed by atoms with Gasteiger partial charge in [0.05, 0.1) is 0 Å². The molecular weight excluding hydrogens is 247 g/mol. The molecule has 1 radical (unpaired) electrons. The molecule has 0 N–H and O–H groups in total. The predicted molar refractivity (Wildman–Crippen MR) is 0.686 cm³/mol. The first-order chi connectivity index (χ1) is 0. The Hall–Kier alpha value is 2.30. The quantitative estimate of drug-likeness (QED) is 0.533. The number of rotatable bonds is 0. The number of hydrogen-bond donors (Lipinski definition) is 0. The van der Waals surface area contributed by atoms with Crippen LogP contribution in [-0.2, 0) is 79.9 Å². The summed E-state index contributed by atoms with van der Waals surface area (Å²) in [5, 5.41) is 0. The molecule has 5 heteroatoms. The van der Waals surface area contributed by atoms with Crippen molar-refractivity contribution < 1.29 is 79.9 Å². The molecule has 5 heavy (non-hydrogen) atoms. The van der Waals surface area contributed by atoms with E-state index in [0.29, 0.717) is 0 Å². The molecule has 0 aliphatic heterocycles. The van der Waals surface area contributed by atoms with Gasteiger partial charge in [0.1, 0.15) is 0 Å². The van der Waals surface area contributed by atoms with Crippen molar-refractivity contribution in [2.45, 2.75) is 0 Å². The van der Waals surface area contributed by atoms with Gasteiger partial charge in [0.15, 0.2) is 0 Å². The average molecular weight is 247 g/mol. The second-order valence-corrected chi connectivity index (χ2v) is 0. The molecular formula is CoNiOTiZn. The van der Waals surface area contributed by atoms with Crippen LogP contribution in [0.25, 0.3) is 0 Å². The third-order valence-electron chi connectivity index (χ3n) is 0. The molecule has 0 fully saturated rings. The molecule has 0 unspecified atom stereocenters. The van der Waals surface area contributed by atoms with Gasteiger partial charge in [-0.15, -0.1) is 0 Å². The second kappa shape index (κ2) is 33.5. The molecule has 0 saturated heterocycles. The Bertz CT molecular complexity index is 11.6. The summed E-state index contributed by atoms with van der Waals surface area (Å²) in [5.74, 6) is 0. The molecule has 0 bridgehead atoms. The molecule has 0 aromatic rings. The third kappa shape index (κ3) is 22.0. The molecule has 31 valence electrons. The Labute approximate surface area is 79.1 Å². The minimum Gasteiger partial charge on any atom is -2.00 e. The zero-order valence-corrected chi connectivity index (χ0v) is 8.82. The van der Waals surface area contributed by atoms with E-state index in [-0.39, 0.29) is 79.9 Å². The SMILES string of the molecule is [Co].[Ni].[O-2].[Ti].[Zn+2]. The molecule has 0 atom stereocenters. The summed E-state index contributed by atoms with van der Waals surface area (Å²) in [6.07, 6.45) is 0. The van der Waals surface area contributed by atoms with E-state index in [2.05, 4.69) is 0 Å². The Morgan fingerprint density at radius 1 is 1.00 bits per heavy atom. The van der Waals surface area contributed by atoms with Gasteiger partial charge in [-0.25, -0.2) is 0 Å². The third-order valence-corrected chi connectivity index (χ3v) is 0. The molecule has 0 heterocycles. The molecule has 0 aromatic carbocycles. The van der Waals surface area contributed by atoms with Crippen LogP contribution >= 0.6 is 0 Å². The van der Waals surface area contributed by atoms with Crippen molar-refractivity contribution in [3.05, 3.63) is 0 Å². The van der Waals surface area contributed by atoms with Crippen molar-refractivity contribution in [2.75, 3.05) is 0 Å². The van der Waals surface area contributed by atoms with Crippen LogP contribution in [0.1, 0.15) is 0 Å². The van der Waals surface area contributed by atoms with Crippen molar-refractivity contribution in [2.24, 2.45) is 0 Å². The van der Waals surface area contributed by atoms with Crippen LogP contribution in [0, 0.1) is 0 Å². The molecule has 0 aliphatic carbocycles. The van der Waals surface area contributed by atoms with Crippen LogP contribution in [0.5, 0.6) is 0 Å². The normalized spacial score (nSPS) is 0. The summed E-state index contributed by atoms with van der Waals surface area (Å²) in [4.78, 5) is 0. The van der Waals surface area contributed by atoms with Gasteiger partial charge in [0, 0.05) is 55.0 Å². The minimum atomic E-state index is 0. The first-order valence-electron chi connectivity index (χ1n) is 0. The van der Waals surface area contributed by atoms with Gasteiger partial charge in [0.25, 0.3) is 0 Å². The van der Waals surface area contributed by atoms with E-state index in [1.165, 1.54) is 0 Å². The molecule has 0 saturated carbocycles. The number of hydrogen-bond acceptors (Lipinski definition) is 0. The Morgan fingerprint density at radius 3 is 1.00 bits per heavy atom. The van der Waals surface area contributed by atoms with Gasteiger partial charge < -0.3 is 5.48 Å². The molecule has 1 nitrogen and oxygen atoms in total. The summed E-state index contributed by atoms with van der Waals surface area (Å²) in [7, 11) is 0. The topological polar surface area (TPSA) is 28.5 Å². The summed E-state index contributed by atoms with van der Waals surface area (Å²) < 4.78 is 0. The van der Waals surface area contributed by atoms with Crippen molar-refractivity contribution >= 4 is 0 Å². The fourth-order valence-corrected chi connectivity index (χ4v) is 0. The van der Waals surface area contributed by atoms with E-state index < -0.39 is 0 Å². The van der Waals surface area contributed by atoms with Gasteiger partial charge in [0.2, 0.25) is 0 Å². The molecule has 0 spiro atoms. The van der Waals surface area contributed by atoms with Crippen LogP contribution in [-0.4, -0.2) is 0 Å². The van der Waals surface area contributed by atoms with E-state index in [1.807, 2.05) is 0 Å². The maximum absolute atomic E-state index is 0. The fourth-order valence-electron chi connectivity index (χ4n) is 0. The van der Waals surface area contributed by atoms with E-state index in [0.717, 1.165) is 0 Å². The second-order valence-electron chi connectivity index (χ2n) is 0. The molecule has 0 aliphatic rings. The van der Waals surface area contributed by atoms with Crippen molar-refractivity contribution in [3.63, 3.8) is 0 Å². The van der Waals surface area contributed by atoms with Gasteiger partial charge in [-0.2, -0.15) is 0 Å². The van der Waals surface area contributed by atoms with Crippen molar-refractivity contribution in [1.29, 1.82) is 0 Å². The first-order valence-corrected chi connectivity index (χ1v) is 0. The fraction of sp³-hybridized carbons (Fsp3) is 0. The average Bonchev–Trinajstić information content (AvgIpc) is 0. The zero-order chi connectivity index (χ0) is 0. The Balaban J connectivity index is 0. The minimum absolute atomic E-state index is 0. The van der Waals surface area contributed by atoms with Crippen LogP contribution in [0.15, 0.2) is 0 Å². The Kier molecular flexibility index (Phi) is 367. The predicted octanol–water partition coefficient (Wildman–Crippen LogP) is -0.129. The van der Waals surface area contributed by atoms with Crippen molar-refractivity contribution in [3.8, 4) is 0 Å². The zero-order valence-electron chi connectivity index (χ0n) is 2.26. The standard InChI is InChI=1S/Co.Ni.O.Ti.Zn/q;;-2;;+2. The van der Waals surface area contributed by atoms with Crippen LogP contribution < -0.4 is 0 Å². The van der Waals surface area contributed by atoms with Crippen LogP contribution in [0.2, 0.25) is 0 Å². The summed E-state index contributed by atoms with van der Waals surface area (Å²) >= 11 is 0. The van der Waals surface area contributed by atoms with E-state index in [1.54, 1.807) is 0 Å². The molecule has 0 amide bonds. The Morgan fingerprint density at radius 2 is 1.00 bits per heavy atom. The van der Waals surface area contributed by atoms with Crippen LogP contribution in [0.4, 0.5) is 0 Å². The molecule has 0 aromatic heterocycles. The van der Waals surface area contributed by atoms with Crippen LogP contribution in [0.3, 0.4) is 0 Å². The summed E-state index contributed by atoms with van der Waals surface area (Å²) in [6, 6.07) is 0. The van der Waals surface area contributed by atoms with Gasteiger partial charge >= 0.3 is 19.5 Å². The summed E-state index contributed by atoms with van der Waals surface area (Å²) in [5.41, 5.74) is 0.